The lowest BCUT2D eigenvalue weighted by atomic mass is 9.89. The minimum atomic E-state index is -0.174. The number of ether oxygens (including phenoxy) is 1. The normalized spacial score (nSPS) is 20.5. The van der Waals surface area contributed by atoms with Crippen molar-refractivity contribution >= 4 is 17.4 Å². The Labute approximate surface area is 248 Å². The van der Waals surface area contributed by atoms with E-state index in [4.69, 9.17) is 10.5 Å². The third-order valence-electron chi connectivity index (χ3n) is 9.15. The monoisotopic (exact) mass is 570 g/mol. The number of morpholine rings is 1. The van der Waals surface area contributed by atoms with Crippen LogP contribution in [0.4, 0.5) is 11.5 Å². The maximum absolute atomic E-state index is 13.4. The first kappa shape index (κ1) is 28.4. The van der Waals surface area contributed by atoms with Crippen LogP contribution in [0, 0.1) is 12.8 Å². The molecule has 3 heterocycles. The van der Waals surface area contributed by atoms with Gasteiger partial charge in [0.15, 0.2) is 5.82 Å². The highest BCUT2D eigenvalue weighted by molar-refractivity contribution is 5.94. The van der Waals surface area contributed by atoms with Gasteiger partial charge in [-0.15, -0.1) is 10.2 Å². The zero-order chi connectivity index (χ0) is 29.1. The molecule has 222 valence electrons. The molecule has 2 aromatic carbocycles. The fraction of sp³-hybridized carbons (Fsp3) is 0.485. The van der Waals surface area contributed by atoms with Crippen molar-refractivity contribution in [1.82, 2.24) is 20.0 Å². The van der Waals surface area contributed by atoms with E-state index in [1.165, 1.54) is 38.6 Å². The molecule has 1 atom stereocenters. The highest BCUT2D eigenvalue weighted by Crippen LogP contribution is 2.34. The van der Waals surface area contributed by atoms with Gasteiger partial charge < -0.3 is 25.4 Å². The number of para-hydroxylation sites is 1. The van der Waals surface area contributed by atoms with Gasteiger partial charge in [0, 0.05) is 56.9 Å². The van der Waals surface area contributed by atoms with Gasteiger partial charge >= 0.3 is 0 Å². The van der Waals surface area contributed by atoms with Gasteiger partial charge in [0.1, 0.15) is 11.9 Å². The molecule has 3 N–H and O–H groups in total. The van der Waals surface area contributed by atoms with E-state index in [1.54, 1.807) is 12.1 Å². The van der Waals surface area contributed by atoms with Crippen molar-refractivity contribution in [3.05, 3.63) is 65.2 Å². The van der Waals surface area contributed by atoms with Crippen LogP contribution in [0.5, 0.6) is 5.75 Å². The van der Waals surface area contributed by atoms with E-state index < -0.39 is 0 Å². The minimum absolute atomic E-state index is 0.112. The quantitative estimate of drug-likeness (QED) is 0.441. The van der Waals surface area contributed by atoms with Crippen LogP contribution in [-0.4, -0.2) is 83.4 Å². The lowest BCUT2D eigenvalue weighted by Gasteiger charge is -2.37. The largest absolute Gasteiger partial charge is 0.507 e. The molecule has 0 bridgehead atoms. The molecule has 2 saturated heterocycles. The molecule has 9 nitrogen and oxygen atoms in total. The van der Waals surface area contributed by atoms with Crippen LogP contribution in [0.25, 0.3) is 11.3 Å². The molecule has 1 amide bonds. The molecule has 1 unspecified atom stereocenters. The second-order valence-electron chi connectivity index (χ2n) is 12.0. The predicted molar refractivity (Wildman–Crippen MR) is 165 cm³/mol. The van der Waals surface area contributed by atoms with E-state index in [0.717, 1.165) is 54.5 Å². The van der Waals surface area contributed by atoms with E-state index >= 15 is 0 Å². The second kappa shape index (κ2) is 12.7. The van der Waals surface area contributed by atoms with Crippen molar-refractivity contribution in [1.29, 1.82) is 0 Å². The van der Waals surface area contributed by atoms with Gasteiger partial charge in [-0.05, 0) is 67.1 Å². The van der Waals surface area contributed by atoms with Crippen LogP contribution >= 0.6 is 0 Å². The number of phenols is 1. The van der Waals surface area contributed by atoms with Crippen molar-refractivity contribution in [3.8, 4) is 17.0 Å². The highest BCUT2D eigenvalue weighted by Gasteiger charge is 2.28. The summed E-state index contributed by atoms with van der Waals surface area (Å²) in [5.74, 6) is 1.43. The number of carbonyl (C=O) groups is 1. The summed E-state index contributed by atoms with van der Waals surface area (Å²) in [6.07, 6.45) is 6.68. The standard InChI is InChI=1S/C33H42N6O3/c1-23-19-25(33(41)38-15-13-37(14-16-38)21-24-7-3-2-4-8-24)11-12-26(23)31-22-39(17-18-42-31)29-20-28(35-36-32(29)34)27-9-5-6-10-30(27)40/h5-6,9-12,19-20,24,31,40H,2-4,7-8,13-18,21-22H2,1H3,(H2,34,36). The van der Waals surface area contributed by atoms with Crippen molar-refractivity contribution in [2.24, 2.45) is 5.92 Å². The fourth-order valence-corrected chi connectivity index (χ4v) is 6.74. The summed E-state index contributed by atoms with van der Waals surface area (Å²) in [6.45, 7) is 8.52. The number of aryl methyl sites for hydroxylation is 1. The molecule has 3 fully saturated rings. The number of nitrogens with zero attached hydrogens (tertiary/aromatic N) is 5. The van der Waals surface area contributed by atoms with Crippen molar-refractivity contribution in [3.63, 3.8) is 0 Å². The van der Waals surface area contributed by atoms with Crippen molar-refractivity contribution in [2.75, 3.05) is 63.1 Å². The van der Waals surface area contributed by atoms with Gasteiger partial charge in [-0.2, -0.15) is 0 Å². The zero-order valence-electron chi connectivity index (χ0n) is 24.5. The smallest absolute Gasteiger partial charge is 0.253 e. The number of anilines is 2. The Balaban J connectivity index is 1.10. The van der Waals surface area contributed by atoms with E-state index in [1.807, 2.05) is 41.3 Å². The summed E-state index contributed by atoms with van der Waals surface area (Å²) in [4.78, 5) is 20.1. The van der Waals surface area contributed by atoms with Gasteiger partial charge in [0.25, 0.3) is 5.91 Å². The lowest BCUT2D eigenvalue weighted by molar-refractivity contribution is 0.0393. The molecule has 3 aliphatic rings. The molecule has 1 aromatic heterocycles. The third-order valence-corrected chi connectivity index (χ3v) is 9.15. The van der Waals surface area contributed by atoms with Crippen LogP contribution in [0.15, 0.2) is 48.5 Å². The Morgan fingerprint density at radius 3 is 2.55 bits per heavy atom. The van der Waals surface area contributed by atoms with Gasteiger partial charge in [0.2, 0.25) is 0 Å². The number of nitrogen functional groups attached to an aromatic ring is 1. The zero-order valence-corrected chi connectivity index (χ0v) is 24.5. The van der Waals surface area contributed by atoms with Crippen LogP contribution in [0.2, 0.25) is 0 Å². The van der Waals surface area contributed by atoms with Crippen LogP contribution < -0.4 is 10.6 Å². The Bertz CT molecular complexity index is 1400. The Morgan fingerprint density at radius 2 is 1.79 bits per heavy atom. The topological polar surface area (TPSA) is 108 Å². The average Bonchev–Trinajstić information content (AvgIpc) is 3.02. The van der Waals surface area contributed by atoms with Gasteiger partial charge in [-0.1, -0.05) is 37.5 Å². The number of carbonyl (C=O) groups excluding carboxylic acids is 1. The molecule has 9 heteroatoms. The van der Waals surface area contributed by atoms with Crippen molar-refractivity contribution in [2.45, 2.75) is 45.1 Å². The van der Waals surface area contributed by atoms with E-state index in [2.05, 4.69) is 26.9 Å². The Hall–Kier alpha value is -3.69. The first-order chi connectivity index (χ1) is 20.5. The number of amides is 1. The third kappa shape index (κ3) is 6.22. The summed E-state index contributed by atoms with van der Waals surface area (Å²) < 4.78 is 6.20. The van der Waals surface area contributed by atoms with Crippen molar-refractivity contribution < 1.29 is 14.6 Å². The molecule has 1 aliphatic carbocycles. The van der Waals surface area contributed by atoms with Gasteiger partial charge in [0.05, 0.1) is 18.0 Å². The molecule has 1 saturated carbocycles. The first-order valence-corrected chi connectivity index (χ1v) is 15.4. The summed E-state index contributed by atoms with van der Waals surface area (Å²) in [5, 5.41) is 18.7. The maximum Gasteiger partial charge on any atom is 0.253 e. The molecule has 42 heavy (non-hydrogen) atoms. The number of phenolic OH excluding ortho intramolecular Hbond substituents is 1. The SMILES string of the molecule is Cc1cc(C(=O)N2CCN(CC3CCCCC3)CC2)ccc1C1CN(c2cc(-c3ccccc3O)nnc2N)CCO1. The molecular weight excluding hydrogens is 528 g/mol. The first-order valence-electron chi connectivity index (χ1n) is 15.4. The lowest BCUT2D eigenvalue weighted by Crippen LogP contribution is -2.49. The molecule has 2 aliphatic heterocycles. The number of aromatic hydroxyl groups is 1. The number of benzene rings is 2. The molecule has 0 radical (unpaired) electrons. The second-order valence-corrected chi connectivity index (χ2v) is 12.0. The summed E-state index contributed by atoms with van der Waals surface area (Å²) >= 11 is 0. The Morgan fingerprint density at radius 1 is 1.00 bits per heavy atom. The minimum Gasteiger partial charge on any atom is -0.507 e. The summed E-state index contributed by atoms with van der Waals surface area (Å²) in [6, 6.07) is 14.9. The number of hydrogen-bond acceptors (Lipinski definition) is 8. The molecule has 3 aromatic rings. The number of rotatable bonds is 6. The van der Waals surface area contributed by atoms with E-state index in [0.29, 0.717) is 36.8 Å². The number of nitrogens with two attached hydrogens (primary N) is 1. The van der Waals surface area contributed by atoms with Crippen LogP contribution in [0.1, 0.15) is 59.7 Å². The number of aromatic nitrogens is 2. The highest BCUT2D eigenvalue weighted by atomic mass is 16.5. The van der Waals surface area contributed by atoms with E-state index in [-0.39, 0.29) is 17.8 Å². The molecular formula is C33H42N6O3. The van der Waals surface area contributed by atoms with Crippen LogP contribution in [-0.2, 0) is 4.74 Å². The van der Waals surface area contributed by atoms with Gasteiger partial charge in [-0.25, -0.2) is 0 Å². The number of hydrogen-bond donors (Lipinski definition) is 2. The van der Waals surface area contributed by atoms with Gasteiger partial charge in [-0.3, -0.25) is 9.69 Å². The molecule has 6 rings (SSSR count). The fourth-order valence-electron chi connectivity index (χ4n) is 6.74. The number of piperazine rings is 1. The van der Waals surface area contributed by atoms with E-state index in [9.17, 15) is 9.90 Å². The average molecular weight is 571 g/mol. The maximum atomic E-state index is 13.4. The Kier molecular flexibility index (Phi) is 8.58. The van der Waals surface area contributed by atoms with Crippen LogP contribution in [0.3, 0.4) is 0 Å². The predicted octanol–water partition coefficient (Wildman–Crippen LogP) is 4.66. The summed E-state index contributed by atoms with van der Waals surface area (Å²) in [5.41, 5.74) is 11.0. The molecule has 0 spiro atoms. The summed E-state index contributed by atoms with van der Waals surface area (Å²) in [7, 11) is 0.